The maximum atomic E-state index is 12.2. The molecule has 0 aromatic heterocycles. The van der Waals surface area contributed by atoms with Crippen molar-refractivity contribution in [3.63, 3.8) is 0 Å². The topological polar surface area (TPSA) is 35.6 Å². The smallest absolute Gasteiger partial charge is 0.320 e. The van der Waals surface area contributed by atoms with Gasteiger partial charge in [-0.25, -0.2) is 4.79 Å². The number of urea groups is 1. The summed E-state index contributed by atoms with van der Waals surface area (Å²) in [7, 11) is 1.94. The minimum atomic E-state index is 0.158. The van der Waals surface area contributed by atoms with Crippen LogP contribution in [-0.2, 0) is 0 Å². The third-order valence-corrected chi connectivity index (χ3v) is 4.34. The van der Waals surface area contributed by atoms with E-state index < -0.39 is 0 Å². The molecule has 0 radical (unpaired) electrons. The van der Waals surface area contributed by atoms with E-state index in [-0.39, 0.29) is 11.4 Å². The molecule has 0 aliphatic carbocycles. The molecule has 0 bridgehead atoms. The van der Waals surface area contributed by atoms with Gasteiger partial charge in [-0.3, -0.25) is 0 Å². The molecule has 2 rings (SSSR count). The lowest BCUT2D eigenvalue weighted by Gasteiger charge is -2.31. The summed E-state index contributed by atoms with van der Waals surface area (Å²) in [5.74, 6) is 0. The molecular weight excluding hydrogens is 226 g/mol. The van der Waals surface area contributed by atoms with E-state index in [1.807, 2.05) is 16.8 Å². The number of hydrogen-bond donors (Lipinski definition) is 1. The van der Waals surface area contributed by atoms with Gasteiger partial charge in [-0.15, -0.1) is 0 Å². The molecule has 2 heterocycles. The molecule has 2 amide bonds. The van der Waals surface area contributed by atoms with Crippen LogP contribution in [0.4, 0.5) is 4.79 Å². The molecule has 0 aromatic rings. The van der Waals surface area contributed by atoms with Gasteiger partial charge in [0.25, 0.3) is 0 Å². The molecule has 0 saturated carbocycles. The van der Waals surface area contributed by atoms with Crippen molar-refractivity contribution in [1.82, 2.24) is 15.1 Å². The minimum Gasteiger partial charge on any atom is -0.323 e. The largest absolute Gasteiger partial charge is 0.323 e. The predicted molar refractivity (Wildman–Crippen MR) is 73.6 cm³/mol. The summed E-state index contributed by atoms with van der Waals surface area (Å²) >= 11 is 0. The molecule has 1 N–H and O–H groups in total. The Morgan fingerprint density at radius 2 is 2.11 bits per heavy atom. The molecular formula is C14H27N3O. The van der Waals surface area contributed by atoms with Crippen LogP contribution in [0, 0.1) is 5.41 Å². The van der Waals surface area contributed by atoms with Crippen molar-refractivity contribution in [3.05, 3.63) is 0 Å². The SMILES string of the molecule is CN1C(=O)N(CCC2CCCN2)CC1C(C)(C)C. The molecule has 18 heavy (non-hydrogen) atoms. The molecule has 0 spiro atoms. The summed E-state index contributed by atoms with van der Waals surface area (Å²) in [6.07, 6.45) is 3.64. The fourth-order valence-electron chi connectivity index (χ4n) is 3.12. The lowest BCUT2D eigenvalue weighted by Crippen LogP contribution is -2.39. The van der Waals surface area contributed by atoms with Gasteiger partial charge in [0, 0.05) is 26.2 Å². The summed E-state index contributed by atoms with van der Waals surface area (Å²) in [5.41, 5.74) is 0.158. The van der Waals surface area contributed by atoms with E-state index in [2.05, 4.69) is 26.1 Å². The zero-order valence-electron chi connectivity index (χ0n) is 12.2. The number of carbonyl (C=O) groups is 1. The second-order valence-corrected chi connectivity index (χ2v) is 6.80. The molecule has 2 atom stereocenters. The standard InChI is InChI=1S/C14H27N3O/c1-14(2,3)12-10-17(13(18)16(12)4)9-7-11-6-5-8-15-11/h11-12,15H,5-10H2,1-4H3. The average Bonchev–Trinajstić information content (AvgIpc) is 2.86. The molecule has 2 unspecified atom stereocenters. The second kappa shape index (κ2) is 5.08. The van der Waals surface area contributed by atoms with E-state index in [4.69, 9.17) is 0 Å². The Bertz CT molecular complexity index is 305. The molecule has 2 aliphatic heterocycles. The molecule has 2 aliphatic rings. The molecule has 4 heteroatoms. The summed E-state index contributed by atoms with van der Waals surface area (Å²) in [5, 5.41) is 3.50. The summed E-state index contributed by atoms with van der Waals surface area (Å²) in [4.78, 5) is 16.1. The van der Waals surface area contributed by atoms with Crippen molar-refractivity contribution < 1.29 is 4.79 Å². The first-order valence-corrected chi connectivity index (χ1v) is 7.14. The van der Waals surface area contributed by atoms with Crippen LogP contribution in [-0.4, -0.2) is 54.6 Å². The lowest BCUT2D eigenvalue weighted by molar-refractivity contribution is 0.172. The Labute approximate surface area is 111 Å². The monoisotopic (exact) mass is 253 g/mol. The van der Waals surface area contributed by atoms with Gasteiger partial charge in [0.1, 0.15) is 0 Å². The van der Waals surface area contributed by atoms with Gasteiger partial charge in [-0.1, -0.05) is 20.8 Å². The van der Waals surface area contributed by atoms with Gasteiger partial charge < -0.3 is 15.1 Å². The van der Waals surface area contributed by atoms with E-state index in [1.54, 1.807) is 0 Å². The highest BCUT2D eigenvalue weighted by Crippen LogP contribution is 2.29. The first-order valence-electron chi connectivity index (χ1n) is 7.14. The number of hydrogen-bond acceptors (Lipinski definition) is 2. The maximum Gasteiger partial charge on any atom is 0.320 e. The second-order valence-electron chi connectivity index (χ2n) is 6.80. The van der Waals surface area contributed by atoms with Crippen LogP contribution in [0.5, 0.6) is 0 Å². The van der Waals surface area contributed by atoms with Crippen LogP contribution in [0.25, 0.3) is 0 Å². The third-order valence-electron chi connectivity index (χ3n) is 4.34. The highest BCUT2D eigenvalue weighted by atomic mass is 16.2. The molecule has 104 valence electrons. The number of nitrogens with one attached hydrogen (secondary N) is 1. The van der Waals surface area contributed by atoms with E-state index in [9.17, 15) is 4.79 Å². The Hall–Kier alpha value is -0.770. The van der Waals surface area contributed by atoms with Crippen molar-refractivity contribution in [2.24, 2.45) is 5.41 Å². The summed E-state index contributed by atoms with van der Waals surface area (Å²) < 4.78 is 0. The van der Waals surface area contributed by atoms with Gasteiger partial charge in [0.05, 0.1) is 6.04 Å². The number of rotatable bonds is 3. The Morgan fingerprint density at radius 3 is 2.61 bits per heavy atom. The van der Waals surface area contributed by atoms with E-state index in [1.165, 1.54) is 12.8 Å². The number of amides is 2. The average molecular weight is 253 g/mol. The zero-order valence-corrected chi connectivity index (χ0v) is 12.2. The van der Waals surface area contributed by atoms with E-state index in [0.717, 1.165) is 26.1 Å². The van der Waals surface area contributed by atoms with Crippen LogP contribution in [0.15, 0.2) is 0 Å². The van der Waals surface area contributed by atoms with Gasteiger partial charge in [0.15, 0.2) is 0 Å². The molecule has 0 aromatic carbocycles. The molecule has 2 saturated heterocycles. The first kappa shape index (κ1) is 13.7. The Morgan fingerprint density at radius 1 is 1.39 bits per heavy atom. The highest BCUT2D eigenvalue weighted by Gasteiger charge is 2.40. The minimum absolute atomic E-state index is 0.158. The highest BCUT2D eigenvalue weighted by molar-refractivity contribution is 5.77. The van der Waals surface area contributed by atoms with Crippen molar-refractivity contribution in [2.75, 3.05) is 26.7 Å². The summed E-state index contributed by atoms with van der Waals surface area (Å²) in [6, 6.07) is 1.16. The lowest BCUT2D eigenvalue weighted by atomic mass is 9.86. The predicted octanol–water partition coefficient (Wildman–Crippen LogP) is 1.91. The van der Waals surface area contributed by atoms with Gasteiger partial charge in [0.2, 0.25) is 0 Å². The van der Waals surface area contributed by atoms with E-state index in [0.29, 0.717) is 12.1 Å². The van der Waals surface area contributed by atoms with Crippen molar-refractivity contribution in [1.29, 1.82) is 0 Å². The van der Waals surface area contributed by atoms with E-state index >= 15 is 0 Å². The molecule has 4 nitrogen and oxygen atoms in total. The summed E-state index contributed by atoms with van der Waals surface area (Å²) in [6.45, 7) is 9.55. The fraction of sp³-hybridized carbons (Fsp3) is 0.929. The first-order chi connectivity index (χ1) is 8.39. The quantitative estimate of drug-likeness (QED) is 0.834. The molecule has 2 fully saturated rings. The third kappa shape index (κ3) is 2.79. The fourth-order valence-corrected chi connectivity index (χ4v) is 3.12. The van der Waals surface area contributed by atoms with Crippen LogP contribution in [0.3, 0.4) is 0 Å². The number of likely N-dealkylation sites (N-methyl/N-ethyl adjacent to an activating group) is 1. The Balaban J connectivity index is 1.88. The van der Waals surface area contributed by atoms with Crippen LogP contribution in [0.1, 0.15) is 40.0 Å². The van der Waals surface area contributed by atoms with Gasteiger partial charge in [-0.05, 0) is 31.2 Å². The van der Waals surface area contributed by atoms with Gasteiger partial charge >= 0.3 is 6.03 Å². The maximum absolute atomic E-state index is 12.2. The Kier molecular flexibility index (Phi) is 3.85. The van der Waals surface area contributed by atoms with Crippen LogP contribution in [0.2, 0.25) is 0 Å². The normalized spacial score (nSPS) is 29.4. The number of nitrogens with zero attached hydrogens (tertiary/aromatic N) is 2. The van der Waals surface area contributed by atoms with Crippen molar-refractivity contribution in [2.45, 2.75) is 52.1 Å². The van der Waals surface area contributed by atoms with Crippen LogP contribution < -0.4 is 5.32 Å². The van der Waals surface area contributed by atoms with Crippen LogP contribution >= 0.6 is 0 Å². The van der Waals surface area contributed by atoms with Crippen molar-refractivity contribution in [3.8, 4) is 0 Å². The van der Waals surface area contributed by atoms with Crippen molar-refractivity contribution >= 4 is 6.03 Å². The number of carbonyl (C=O) groups excluding carboxylic acids is 1. The van der Waals surface area contributed by atoms with Gasteiger partial charge in [-0.2, -0.15) is 0 Å². The zero-order chi connectivity index (χ0) is 13.3.